The number of carbonyl (C=O) groups is 1. The second-order valence-electron chi connectivity index (χ2n) is 6.10. The molecule has 2 unspecified atom stereocenters. The van der Waals surface area contributed by atoms with Crippen molar-refractivity contribution in [2.24, 2.45) is 12.2 Å². The summed E-state index contributed by atoms with van der Waals surface area (Å²) < 4.78 is 6.93. The van der Waals surface area contributed by atoms with Gasteiger partial charge < -0.3 is 14.9 Å². The van der Waals surface area contributed by atoms with Gasteiger partial charge in [-0.25, -0.2) is 0 Å². The first-order chi connectivity index (χ1) is 12.0. The second kappa shape index (κ2) is 6.96. The van der Waals surface area contributed by atoms with Gasteiger partial charge in [-0.3, -0.25) is 9.48 Å². The van der Waals surface area contributed by atoms with Crippen LogP contribution >= 0.6 is 0 Å². The highest BCUT2D eigenvalue weighted by atomic mass is 16.6. The summed E-state index contributed by atoms with van der Waals surface area (Å²) in [7, 11) is 3.50. The van der Waals surface area contributed by atoms with E-state index >= 15 is 0 Å². The summed E-state index contributed by atoms with van der Waals surface area (Å²) in [6.07, 6.45) is 1.60. The van der Waals surface area contributed by atoms with Crippen LogP contribution in [-0.2, 0) is 16.7 Å². The van der Waals surface area contributed by atoms with Gasteiger partial charge >= 0.3 is 0 Å². The standard InChI is InChI=1S/C18H22N4O3/c1-11(15-10-19-22(3)12(15)2)20-18(23)17-9-16(21-25-17)13-5-7-14(24-4)8-6-13/h5-8,10-11,17H,9H2,1-4H3,(H,20,23). The molecule has 2 heterocycles. The van der Waals surface area contributed by atoms with E-state index in [1.54, 1.807) is 18.0 Å². The summed E-state index contributed by atoms with van der Waals surface area (Å²) in [6, 6.07) is 7.39. The van der Waals surface area contributed by atoms with Gasteiger partial charge in [0.2, 0.25) is 6.10 Å². The Morgan fingerprint density at radius 1 is 1.40 bits per heavy atom. The lowest BCUT2D eigenvalue weighted by atomic mass is 10.0. The number of amides is 1. The Bertz CT molecular complexity index is 795. The Morgan fingerprint density at radius 2 is 2.12 bits per heavy atom. The lowest BCUT2D eigenvalue weighted by Crippen LogP contribution is -2.36. The quantitative estimate of drug-likeness (QED) is 0.903. The first kappa shape index (κ1) is 17.0. The van der Waals surface area contributed by atoms with Gasteiger partial charge in [0.1, 0.15) is 5.75 Å². The number of ether oxygens (including phenoxy) is 1. The predicted molar refractivity (Wildman–Crippen MR) is 93.5 cm³/mol. The molecule has 132 valence electrons. The Hall–Kier alpha value is -2.83. The topological polar surface area (TPSA) is 77.7 Å². The summed E-state index contributed by atoms with van der Waals surface area (Å²) in [6.45, 7) is 3.91. The molecular weight excluding hydrogens is 320 g/mol. The highest BCUT2D eigenvalue weighted by molar-refractivity contribution is 6.04. The van der Waals surface area contributed by atoms with E-state index in [9.17, 15) is 4.79 Å². The predicted octanol–water partition coefficient (Wildman–Crippen LogP) is 2.11. The fourth-order valence-corrected chi connectivity index (χ4v) is 2.80. The molecule has 0 fully saturated rings. The van der Waals surface area contributed by atoms with E-state index in [4.69, 9.17) is 9.57 Å². The normalized spacial score (nSPS) is 17.6. The van der Waals surface area contributed by atoms with Gasteiger partial charge in [-0.1, -0.05) is 5.16 Å². The third kappa shape index (κ3) is 3.50. The molecule has 1 aliphatic heterocycles. The summed E-state index contributed by atoms with van der Waals surface area (Å²) >= 11 is 0. The molecule has 1 aliphatic rings. The molecule has 25 heavy (non-hydrogen) atoms. The average molecular weight is 342 g/mol. The van der Waals surface area contributed by atoms with Crippen LogP contribution in [0.3, 0.4) is 0 Å². The monoisotopic (exact) mass is 342 g/mol. The van der Waals surface area contributed by atoms with E-state index in [0.29, 0.717) is 6.42 Å². The molecule has 0 bridgehead atoms. The van der Waals surface area contributed by atoms with E-state index in [1.165, 1.54) is 0 Å². The number of hydrogen-bond acceptors (Lipinski definition) is 5. The van der Waals surface area contributed by atoms with E-state index in [1.807, 2.05) is 45.2 Å². The van der Waals surface area contributed by atoms with E-state index in [-0.39, 0.29) is 11.9 Å². The van der Waals surface area contributed by atoms with Crippen molar-refractivity contribution in [3.63, 3.8) is 0 Å². The van der Waals surface area contributed by atoms with Crippen molar-refractivity contribution >= 4 is 11.6 Å². The van der Waals surface area contributed by atoms with Gasteiger partial charge in [-0.2, -0.15) is 5.10 Å². The molecule has 1 aromatic heterocycles. The molecule has 7 nitrogen and oxygen atoms in total. The Labute approximate surface area is 146 Å². The molecular formula is C18H22N4O3. The molecule has 0 spiro atoms. The number of hydrogen-bond donors (Lipinski definition) is 1. The number of carbonyl (C=O) groups excluding carboxylic acids is 1. The number of rotatable bonds is 5. The molecule has 1 N–H and O–H groups in total. The molecule has 0 aliphatic carbocycles. The van der Waals surface area contributed by atoms with E-state index in [0.717, 1.165) is 28.3 Å². The summed E-state index contributed by atoms with van der Waals surface area (Å²) in [4.78, 5) is 17.8. The van der Waals surface area contributed by atoms with Crippen molar-refractivity contribution in [3.8, 4) is 5.75 Å². The van der Waals surface area contributed by atoms with Crippen LogP contribution in [0.5, 0.6) is 5.75 Å². The minimum atomic E-state index is -0.614. The Kier molecular flexibility index (Phi) is 4.74. The van der Waals surface area contributed by atoms with Gasteiger partial charge in [0.05, 0.1) is 25.1 Å². The van der Waals surface area contributed by atoms with Gasteiger partial charge in [0, 0.05) is 24.7 Å². The van der Waals surface area contributed by atoms with Gasteiger partial charge in [-0.05, 0) is 43.7 Å². The van der Waals surface area contributed by atoms with Crippen molar-refractivity contribution in [2.45, 2.75) is 32.4 Å². The highest BCUT2D eigenvalue weighted by Crippen LogP contribution is 2.21. The lowest BCUT2D eigenvalue weighted by molar-refractivity contribution is -0.131. The Balaban J connectivity index is 1.60. The molecule has 3 rings (SSSR count). The summed E-state index contributed by atoms with van der Waals surface area (Å²) in [5, 5.41) is 11.2. The summed E-state index contributed by atoms with van der Waals surface area (Å²) in [5.74, 6) is 0.598. The number of benzene rings is 1. The van der Waals surface area contributed by atoms with Gasteiger partial charge in [-0.15, -0.1) is 0 Å². The third-order valence-corrected chi connectivity index (χ3v) is 4.48. The van der Waals surface area contributed by atoms with E-state index < -0.39 is 6.10 Å². The number of oxime groups is 1. The SMILES string of the molecule is COc1ccc(C2=NOC(C(=O)NC(C)c3cnn(C)c3C)C2)cc1. The first-order valence-electron chi connectivity index (χ1n) is 8.15. The molecule has 0 saturated carbocycles. The van der Waals surface area contributed by atoms with Crippen LogP contribution in [0.15, 0.2) is 35.6 Å². The number of aryl methyl sites for hydroxylation is 1. The molecule has 7 heteroatoms. The van der Waals surface area contributed by atoms with E-state index in [2.05, 4.69) is 15.6 Å². The molecule has 0 radical (unpaired) electrons. The number of methoxy groups -OCH3 is 1. The number of nitrogens with zero attached hydrogens (tertiary/aromatic N) is 3. The molecule has 2 aromatic rings. The van der Waals surface area contributed by atoms with Crippen molar-refractivity contribution in [3.05, 3.63) is 47.3 Å². The number of aromatic nitrogens is 2. The van der Waals surface area contributed by atoms with Crippen LogP contribution in [0.1, 0.15) is 36.2 Å². The molecule has 0 saturated heterocycles. The van der Waals surface area contributed by atoms with Crippen LogP contribution in [0.2, 0.25) is 0 Å². The second-order valence-corrected chi connectivity index (χ2v) is 6.10. The fraction of sp³-hybridized carbons (Fsp3) is 0.389. The number of nitrogens with one attached hydrogen (secondary N) is 1. The van der Waals surface area contributed by atoms with Crippen molar-refractivity contribution in [1.29, 1.82) is 0 Å². The van der Waals surface area contributed by atoms with Gasteiger partial charge in [0.15, 0.2) is 0 Å². The maximum absolute atomic E-state index is 12.5. The largest absolute Gasteiger partial charge is 0.497 e. The van der Waals surface area contributed by atoms with Crippen LogP contribution < -0.4 is 10.1 Å². The smallest absolute Gasteiger partial charge is 0.264 e. The van der Waals surface area contributed by atoms with Crippen LogP contribution in [0.4, 0.5) is 0 Å². The third-order valence-electron chi connectivity index (χ3n) is 4.48. The van der Waals surface area contributed by atoms with Crippen molar-refractivity contribution in [2.75, 3.05) is 7.11 Å². The zero-order valence-corrected chi connectivity index (χ0v) is 14.8. The van der Waals surface area contributed by atoms with Crippen LogP contribution in [-0.4, -0.2) is 34.6 Å². The minimum absolute atomic E-state index is 0.144. The van der Waals surface area contributed by atoms with Crippen LogP contribution in [0.25, 0.3) is 0 Å². The lowest BCUT2D eigenvalue weighted by Gasteiger charge is -2.16. The van der Waals surface area contributed by atoms with Crippen LogP contribution in [0, 0.1) is 6.92 Å². The average Bonchev–Trinajstić information content (AvgIpc) is 3.23. The zero-order chi connectivity index (χ0) is 18.0. The maximum Gasteiger partial charge on any atom is 0.264 e. The van der Waals surface area contributed by atoms with Crippen molar-refractivity contribution in [1.82, 2.24) is 15.1 Å². The zero-order valence-electron chi connectivity index (χ0n) is 14.8. The molecule has 1 amide bonds. The molecule has 2 atom stereocenters. The summed E-state index contributed by atoms with van der Waals surface area (Å²) in [5.41, 5.74) is 3.70. The first-order valence-corrected chi connectivity index (χ1v) is 8.15. The minimum Gasteiger partial charge on any atom is -0.497 e. The van der Waals surface area contributed by atoms with Crippen molar-refractivity contribution < 1.29 is 14.4 Å². The Morgan fingerprint density at radius 3 is 2.72 bits per heavy atom. The molecule has 1 aromatic carbocycles. The highest BCUT2D eigenvalue weighted by Gasteiger charge is 2.30. The van der Waals surface area contributed by atoms with Gasteiger partial charge in [0.25, 0.3) is 5.91 Å². The maximum atomic E-state index is 12.5. The fourth-order valence-electron chi connectivity index (χ4n) is 2.80.